The Morgan fingerprint density at radius 3 is 2.50 bits per heavy atom. The molecule has 1 aliphatic heterocycles. The summed E-state index contributed by atoms with van der Waals surface area (Å²) >= 11 is 0. The molecule has 0 spiro atoms. The second kappa shape index (κ2) is 10.7. The number of para-hydroxylation sites is 1. The molecule has 0 atom stereocenters. The van der Waals surface area contributed by atoms with Crippen molar-refractivity contribution in [2.75, 3.05) is 26.7 Å². The lowest BCUT2D eigenvalue weighted by Crippen LogP contribution is -2.48. The van der Waals surface area contributed by atoms with Crippen molar-refractivity contribution in [3.63, 3.8) is 0 Å². The third kappa shape index (κ3) is 5.99. The average Bonchev–Trinajstić information content (AvgIpc) is 2.74. The van der Waals surface area contributed by atoms with Gasteiger partial charge in [-0.1, -0.05) is 48.5 Å². The number of nitrogens with zero attached hydrogens (tertiary/aromatic N) is 2. The first-order valence-electron chi connectivity index (χ1n) is 10.2. The average molecular weight is 381 g/mol. The summed E-state index contributed by atoms with van der Waals surface area (Å²) in [4.78, 5) is 6.93. The first-order valence-corrected chi connectivity index (χ1v) is 10.2. The summed E-state index contributed by atoms with van der Waals surface area (Å²) in [6.45, 7) is 6.63. The van der Waals surface area contributed by atoms with E-state index in [0.29, 0.717) is 19.2 Å². The minimum atomic E-state index is 0.459. The highest BCUT2D eigenvalue weighted by atomic mass is 16.5. The Bertz CT molecular complexity index is 739. The SMILES string of the molecule is CCOc1ccccc1CNC(=NC)NC1CCN(Cc2ccccc2)CC1. The smallest absolute Gasteiger partial charge is 0.191 e. The van der Waals surface area contributed by atoms with Crippen LogP contribution in [0.2, 0.25) is 0 Å². The molecule has 1 heterocycles. The van der Waals surface area contributed by atoms with E-state index in [0.717, 1.165) is 49.7 Å². The molecule has 2 N–H and O–H groups in total. The van der Waals surface area contributed by atoms with Crippen LogP contribution >= 0.6 is 0 Å². The molecule has 3 rings (SSSR count). The summed E-state index contributed by atoms with van der Waals surface area (Å²) in [6, 6.07) is 19.3. The van der Waals surface area contributed by atoms with Crippen LogP contribution in [-0.2, 0) is 13.1 Å². The van der Waals surface area contributed by atoms with Gasteiger partial charge in [-0.05, 0) is 31.4 Å². The Kier molecular flexibility index (Phi) is 7.73. The fourth-order valence-electron chi connectivity index (χ4n) is 3.59. The van der Waals surface area contributed by atoms with Crippen LogP contribution in [-0.4, -0.2) is 43.6 Å². The molecule has 1 saturated heterocycles. The van der Waals surface area contributed by atoms with Crippen LogP contribution in [0.5, 0.6) is 5.75 Å². The molecule has 28 heavy (non-hydrogen) atoms. The van der Waals surface area contributed by atoms with E-state index in [9.17, 15) is 0 Å². The van der Waals surface area contributed by atoms with Crippen molar-refractivity contribution in [3.8, 4) is 5.75 Å². The number of piperidine rings is 1. The summed E-state index contributed by atoms with van der Waals surface area (Å²) in [5, 5.41) is 7.01. The number of hydrogen-bond donors (Lipinski definition) is 2. The fourth-order valence-corrected chi connectivity index (χ4v) is 3.59. The van der Waals surface area contributed by atoms with E-state index in [-0.39, 0.29) is 0 Å². The largest absolute Gasteiger partial charge is 0.494 e. The Morgan fingerprint density at radius 2 is 1.79 bits per heavy atom. The van der Waals surface area contributed by atoms with E-state index < -0.39 is 0 Å². The van der Waals surface area contributed by atoms with Gasteiger partial charge in [-0.3, -0.25) is 9.89 Å². The number of hydrogen-bond acceptors (Lipinski definition) is 3. The number of aliphatic imine (C=N–C) groups is 1. The Balaban J connectivity index is 1.44. The number of rotatable bonds is 7. The summed E-state index contributed by atoms with van der Waals surface area (Å²) < 4.78 is 5.71. The van der Waals surface area contributed by atoms with Gasteiger partial charge in [0, 0.05) is 44.8 Å². The second-order valence-electron chi connectivity index (χ2n) is 7.15. The Hall–Kier alpha value is -2.53. The highest BCUT2D eigenvalue weighted by molar-refractivity contribution is 5.80. The number of guanidine groups is 1. The molecule has 0 saturated carbocycles. The first-order chi connectivity index (χ1) is 13.8. The first kappa shape index (κ1) is 20.2. The lowest BCUT2D eigenvalue weighted by molar-refractivity contribution is 0.198. The third-order valence-electron chi connectivity index (χ3n) is 5.12. The summed E-state index contributed by atoms with van der Waals surface area (Å²) in [7, 11) is 1.83. The minimum absolute atomic E-state index is 0.459. The van der Waals surface area contributed by atoms with Gasteiger partial charge >= 0.3 is 0 Å². The van der Waals surface area contributed by atoms with E-state index >= 15 is 0 Å². The number of nitrogens with one attached hydrogen (secondary N) is 2. The molecule has 0 aliphatic carbocycles. The van der Waals surface area contributed by atoms with Crippen LogP contribution in [0.25, 0.3) is 0 Å². The third-order valence-corrected chi connectivity index (χ3v) is 5.12. The minimum Gasteiger partial charge on any atom is -0.494 e. The summed E-state index contributed by atoms with van der Waals surface area (Å²) in [5.41, 5.74) is 2.53. The molecule has 1 fully saturated rings. The van der Waals surface area contributed by atoms with Gasteiger partial charge in [0.15, 0.2) is 5.96 Å². The fraction of sp³-hybridized carbons (Fsp3) is 0.435. The quantitative estimate of drug-likeness (QED) is 0.571. The predicted molar refractivity (Wildman–Crippen MR) is 116 cm³/mol. The lowest BCUT2D eigenvalue weighted by atomic mass is 10.0. The van der Waals surface area contributed by atoms with Gasteiger partial charge in [-0.2, -0.15) is 0 Å². The van der Waals surface area contributed by atoms with Gasteiger partial charge in [0.2, 0.25) is 0 Å². The number of ether oxygens (including phenoxy) is 1. The van der Waals surface area contributed by atoms with Crippen molar-refractivity contribution in [1.82, 2.24) is 15.5 Å². The maximum Gasteiger partial charge on any atom is 0.191 e. The summed E-state index contributed by atoms with van der Waals surface area (Å²) in [6.07, 6.45) is 2.26. The molecular weight excluding hydrogens is 348 g/mol. The zero-order valence-electron chi connectivity index (χ0n) is 17.0. The number of likely N-dealkylation sites (tertiary alicyclic amines) is 1. The van der Waals surface area contributed by atoms with E-state index in [4.69, 9.17) is 4.74 Å². The van der Waals surface area contributed by atoms with E-state index in [1.54, 1.807) is 0 Å². The highest BCUT2D eigenvalue weighted by Crippen LogP contribution is 2.18. The molecule has 0 aromatic heterocycles. The molecule has 2 aromatic carbocycles. The van der Waals surface area contributed by atoms with Crippen LogP contribution in [0.3, 0.4) is 0 Å². The normalized spacial score (nSPS) is 16.0. The molecule has 0 unspecified atom stereocenters. The van der Waals surface area contributed by atoms with E-state index in [1.807, 2.05) is 32.2 Å². The summed E-state index contributed by atoms with van der Waals surface area (Å²) in [5.74, 6) is 1.79. The monoisotopic (exact) mass is 380 g/mol. The van der Waals surface area contributed by atoms with Crippen molar-refractivity contribution < 1.29 is 4.74 Å². The van der Waals surface area contributed by atoms with Gasteiger partial charge < -0.3 is 15.4 Å². The van der Waals surface area contributed by atoms with Crippen molar-refractivity contribution in [1.29, 1.82) is 0 Å². The lowest BCUT2D eigenvalue weighted by Gasteiger charge is -2.33. The van der Waals surface area contributed by atoms with Gasteiger partial charge in [-0.15, -0.1) is 0 Å². The maximum absolute atomic E-state index is 5.71. The van der Waals surface area contributed by atoms with Gasteiger partial charge in [0.25, 0.3) is 0 Å². The van der Waals surface area contributed by atoms with E-state index in [2.05, 4.69) is 56.9 Å². The van der Waals surface area contributed by atoms with Crippen molar-refractivity contribution in [2.24, 2.45) is 4.99 Å². The molecular formula is C23H32N4O. The molecule has 1 aliphatic rings. The zero-order valence-corrected chi connectivity index (χ0v) is 17.0. The molecule has 5 nitrogen and oxygen atoms in total. The second-order valence-corrected chi connectivity index (χ2v) is 7.15. The highest BCUT2D eigenvalue weighted by Gasteiger charge is 2.20. The van der Waals surface area contributed by atoms with Gasteiger partial charge in [-0.25, -0.2) is 0 Å². The molecule has 0 bridgehead atoms. The Labute approximate surface area is 168 Å². The van der Waals surface area contributed by atoms with Crippen LogP contribution in [0, 0.1) is 0 Å². The van der Waals surface area contributed by atoms with Crippen molar-refractivity contribution >= 4 is 5.96 Å². The Morgan fingerprint density at radius 1 is 1.07 bits per heavy atom. The van der Waals surface area contributed by atoms with Crippen LogP contribution < -0.4 is 15.4 Å². The maximum atomic E-state index is 5.71. The topological polar surface area (TPSA) is 48.9 Å². The van der Waals surface area contributed by atoms with Gasteiger partial charge in [0.05, 0.1) is 6.61 Å². The number of benzene rings is 2. The molecule has 0 radical (unpaired) electrons. The van der Waals surface area contributed by atoms with Crippen LogP contribution in [0.1, 0.15) is 30.9 Å². The van der Waals surface area contributed by atoms with Crippen LogP contribution in [0.4, 0.5) is 0 Å². The van der Waals surface area contributed by atoms with Crippen molar-refractivity contribution in [2.45, 2.75) is 38.9 Å². The molecule has 150 valence electrons. The van der Waals surface area contributed by atoms with Crippen molar-refractivity contribution in [3.05, 3.63) is 65.7 Å². The molecule has 2 aromatic rings. The van der Waals surface area contributed by atoms with Gasteiger partial charge in [0.1, 0.15) is 5.75 Å². The molecule has 5 heteroatoms. The standard InChI is InChI=1S/C23H32N4O/c1-3-28-22-12-8-7-11-20(22)17-25-23(24-2)26-21-13-15-27(16-14-21)18-19-9-5-4-6-10-19/h4-12,21H,3,13-18H2,1-2H3,(H2,24,25,26). The van der Waals surface area contributed by atoms with Crippen LogP contribution in [0.15, 0.2) is 59.6 Å². The van der Waals surface area contributed by atoms with E-state index in [1.165, 1.54) is 5.56 Å². The predicted octanol–water partition coefficient (Wildman–Crippen LogP) is 3.41. The molecule has 0 amide bonds. The zero-order chi connectivity index (χ0) is 19.6.